The van der Waals surface area contributed by atoms with E-state index in [-0.39, 0.29) is 16.8 Å². The van der Waals surface area contributed by atoms with Crippen molar-refractivity contribution in [1.29, 1.82) is 0 Å². The number of carbonyl (C=O) groups is 1. The van der Waals surface area contributed by atoms with E-state index in [4.69, 9.17) is 0 Å². The molecule has 1 atom stereocenters. The maximum Gasteiger partial charge on any atom is 0.315 e. The lowest BCUT2D eigenvalue weighted by molar-refractivity contribution is 0.236. The second-order valence-electron chi connectivity index (χ2n) is 6.09. The SMILES string of the molecule is CC(Cn1ccnc1)NC(=O)NCC1(Sc2ccccc2)CC1. The van der Waals surface area contributed by atoms with Crippen LogP contribution in [0.15, 0.2) is 53.9 Å². The van der Waals surface area contributed by atoms with Crippen molar-refractivity contribution in [2.45, 2.75) is 42.0 Å². The van der Waals surface area contributed by atoms with E-state index in [1.165, 1.54) is 4.90 Å². The van der Waals surface area contributed by atoms with Crippen LogP contribution in [0.5, 0.6) is 0 Å². The fraction of sp³-hybridized carbons (Fsp3) is 0.412. The Morgan fingerprint density at radius 2 is 2.17 bits per heavy atom. The molecule has 0 saturated heterocycles. The maximum atomic E-state index is 12.1. The summed E-state index contributed by atoms with van der Waals surface area (Å²) in [6, 6.07) is 10.3. The van der Waals surface area contributed by atoms with Gasteiger partial charge in [0.2, 0.25) is 0 Å². The first-order valence-electron chi connectivity index (χ1n) is 7.89. The number of hydrogen-bond acceptors (Lipinski definition) is 3. The fourth-order valence-electron chi connectivity index (χ4n) is 2.47. The van der Waals surface area contributed by atoms with E-state index in [1.54, 1.807) is 12.5 Å². The van der Waals surface area contributed by atoms with Gasteiger partial charge in [0.25, 0.3) is 0 Å². The van der Waals surface area contributed by atoms with Crippen molar-refractivity contribution in [2.24, 2.45) is 0 Å². The average Bonchev–Trinajstić information content (AvgIpc) is 3.10. The molecule has 1 aliphatic rings. The minimum atomic E-state index is -0.0995. The van der Waals surface area contributed by atoms with Crippen LogP contribution in [-0.4, -0.2) is 32.9 Å². The molecule has 1 aromatic heterocycles. The van der Waals surface area contributed by atoms with Crippen molar-refractivity contribution in [3.05, 3.63) is 49.1 Å². The number of thioether (sulfide) groups is 1. The number of aromatic nitrogens is 2. The highest BCUT2D eigenvalue weighted by molar-refractivity contribution is 8.01. The number of nitrogens with zero attached hydrogens (tertiary/aromatic N) is 2. The summed E-state index contributed by atoms with van der Waals surface area (Å²) in [5.41, 5.74) is 0. The number of rotatable bonds is 7. The number of benzene rings is 1. The first-order valence-corrected chi connectivity index (χ1v) is 8.71. The van der Waals surface area contributed by atoms with Gasteiger partial charge in [-0.15, -0.1) is 11.8 Å². The quantitative estimate of drug-likeness (QED) is 0.821. The number of carbonyl (C=O) groups excluding carboxylic acids is 1. The van der Waals surface area contributed by atoms with E-state index in [2.05, 4.69) is 39.9 Å². The largest absolute Gasteiger partial charge is 0.337 e. The van der Waals surface area contributed by atoms with Crippen LogP contribution in [0.3, 0.4) is 0 Å². The number of hydrogen-bond donors (Lipinski definition) is 2. The van der Waals surface area contributed by atoms with Gasteiger partial charge >= 0.3 is 6.03 Å². The second kappa shape index (κ2) is 7.08. The molecule has 1 fully saturated rings. The Morgan fingerprint density at radius 1 is 1.39 bits per heavy atom. The molecule has 1 heterocycles. The normalized spacial score (nSPS) is 16.6. The van der Waals surface area contributed by atoms with Crippen molar-refractivity contribution in [2.75, 3.05) is 6.54 Å². The first kappa shape index (κ1) is 15.9. The van der Waals surface area contributed by atoms with Gasteiger partial charge in [0.15, 0.2) is 0 Å². The second-order valence-corrected chi connectivity index (χ2v) is 7.63. The van der Waals surface area contributed by atoms with Gasteiger partial charge in [-0.05, 0) is 31.9 Å². The maximum absolute atomic E-state index is 12.1. The molecule has 0 radical (unpaired) electrons. The summed E-state index contributed by atoms with van der Waals surface area (Å²) in [5, 5.41) is 5.99. The van der Waals surface area contributed by atoms with Crippen LogP contribution in [0.1, 0.15) is 19.8 Å². The van der Waals surface area contributed by atoms with E-state index < -0.39 is 0 Å². The number of amides is 2. The Morgan fingerprint density at radius 3 is 2.83 bits per heavy atom. The molecule has 1 aromatic carbocycles. The molecule has 122 valence electrons. The third-order valence-corrected chi connectivity index (χ3v) is 5.37. The summed E-state index contributed by atoms with van der Waals surface area (Å²) in [5.74, 6) is 0. The molecule has 0 aliphatic heterocycles. The molecular formula is C17H22N4OS. The van der Waals surface area contributed by atoms with E-state index in [9.17, 15) is 4.79 Å². The Kier molecular flexibility index (Phi) is 4.91. The van der Waals surface area contributed by atoms with Gasteiger partial charge in [-0.2, -0.15) is 0 Å². The van der Waals surface area contributed by atoms with Gasteiger partial charge in [0.1, 0.15) is 0 Å². The van der Waals surface area contributed by atoms with Gasteiger partial charge in [0.05, 0.1) is 6.33 Å². The predicted molar refractivity (Wildman–Crippen MR) is 92.5 cm³/mol. The molecule has 2 N–H and O–H groups in total. The van der Waals surface area contributed by atoms with E-state index in [1.807, 2.05) is 35.5 Å². The highest BCUT2D eigenvalue weighted by Gasteiger charge is 2.43. The Labute approximate surface area is 140 Å². The van der Waals surface area contributed by atoms with Crippen LogP contribution in [0.4, 0.5) is 4.79 Å². The lowest BCUT2D eigenvalue weighted by Gasteiger charge is -2.18. The van der Waals surface area contributed by atoms with E-state index in [0.717, 1.165) is 19.4 Å². The summed E-state index contributed by atoms with van der Waals surface area (Å²) in [4.78, 5) is 17.3. The molecule has 2 aromatic rings. The molecule has 1 aliphatic carbocycles. The van der Waals surface area contributed by atoms with Crippen molar-refractivity contribution >= 4 is 17.8 Å². The minimum Gasteiger partial charge on any atom is -0.337 e. The Bertz CT molecular complexity index is 625. The van der Waals surface area contributed by atoms with E-state index >= 15 is 0 Å². The molecule has 2 amide bonds. The minimum absolute atomic E-state index is 0.0566. The van der Waals surface area contributed by atoms with Gasteiger partial charge in [-0.1, -0.05) is 18.2 Å². The van der Waals surface area contributed by atoms with Crippen LogP contribution in [0.2, 0.25) is 0 Å². The van der Waals surface area contributed by atoms with Crippen molar-refractivity contribution in [1.82, 2.24) is 20.2 Å². The zero-order valence-electron chi connectivity index (χ0n) is 13.2. The van der Waals surface area contributed by atoms with Crippen molar-refractivity contribution < 1.29 is 4.79 Å². The van der Waals surface area contributed by atoms with Crippen molar-refractivity contribution in [3.8, 4) is 0 Å². The third-order valence-electron chi connectivity index (χ3n) is 3.88. The number of nitrogens with one attached hydrogen (secondary N) is 2. The highest BCUT2D eigenvalue weighted by atomic mass is 32.2. The third kappa shape index (κ3) is 4.76. The van der Waals surface area contributed by atoms with Gasteiger partial charge in [-0.25, -0.2) is 9.78 Å². The van der Waals surface area contributed by atoms with Crippen LogP contribution in [0, 0.1) is 0 Å². The molecule has 6 heteroatoms. The molecule has 1 saturated carbocycles. The Balaban J connectivity index is 1.42. The molecule has 23 heavy (non-hydrogen) atoms. The predicted octanol–water partition coefficient (Wildman–Crippen LogP) is 2.90. The summed E-state index contributed by atoms with van der Waals surface area (Å²) in [6.45, 7) is 3.42. The average molecular weight is 330 g/mol. The summed E-state index contributed by atoms with van der Waals surface area (Å²) >= 11 is 1.87. The molecule has 3 rings (SSSR count). The van der Waals surface area contributed by atoms with Gasteiger partial charge in [-0.3, -0.25) is 0 Å². The molecular weight excluding hydrogens is 308 g/mol. The summed E-state index contributed by atoms with van der Waals surface area (Å²) in [6.07, 6.45) is 7.69. The fourth-order valence-corrected chi connectivity index (χ4v) is 3.71. The van der Waals surface area contributed by atoms with Crippen molar-refractivity contribution in [3.63, 3.8) is 0 Å². The lowest BCUT2D eigenvalue weighted by atomic mass is 10.3. The van der Waals surface area contributed by atoms with Crippen LogP contribution < -0.4 is 10.6 Å². The van der Waals surface area contributed by atoms with Gasteiger partial charge < -0.3 is 15.2 Å². The smallest absolute Gasteiger partial charge is 0.315 e. The standard InChI is InChI=1S/C17H22N4OS/c1-14(11-21-10-9-18-13-21)20-16(22)19-12-17(7-8-17)23-15-5-3-2-4-6-15/h2-6,9-10,13-14H,7-8,11-12H2,1H3,(H2,19,20,22). The highest BCUT2D eigenvalue weighted by Crippen LogP contribution is 2.51. The zero-order valence-corrected chi connectivity index (χ0v) is 14.1. The molecule has 0 spiro atoms. The lowest BCUT2D eigenvalue weighted by Crippen LogP contribution is -2.44. The first-order chi connectivity index (χ1) is 11.2. The van der Waals surface area contributed by atoms with Crippen LogP contribution >= 0.6 is 11.8 Å². The van der Waals surface area contributed by atoms with E-state index in [0.29, 0.717) is 6.54 Å². The summed E-state index contributed by atoms with van der Waals surface area (Å²) in [7, 11) is 0. The van der Waals surface area contributed by atoms with Crippen LogP contribution in [0.25, 0.3) is 0 Å². The molecule has 1 unspecified atom stereocenters. The molecule has 0 bridgehead atoms. The van der Waals surface area contributed by atoms with Crippen LogP contribution in [-0.2, 0) is 6.54 Å². The van der Waals surface area contributed by atoms with Gasteiger partial charge in [0, 0.05) is 41.2 Å². The number of urea groups is 1. The monoisotopic (exact) mass is 330 g/mol. The Hall–Kier alpha value is -1.95. The zero-order chi connectivity index (χ0) is 16.1. The molecule has 5 nitrogen and oxygen atoms in total. The topological polar surface area (TPSA) is 59.0 Å². The number of imidazole rings is 1. The summed E-state index contributed by atoms with van der Waals surface area (Å²) < 4.78 is 2.13.